The summed E-state index contributed by atoms with van der Waals surface area (Å²) in [6.45, 7) is 7.40. The first-order chi connectivity index (χ1) is 14.0. The number of nitrogens with zero attached hydrogens (tertiary/aromatic N) is 4. The van der Waals surface area contributed by atoms with Crippen LogP contribution >= 0.6 is 0 Å². The van der Waals surface area contributed by atoms with Gasteiger partial charge in [0.05, 0.1) is 34.9 Å². The first-order valence-corrected chi connectivity index (χ1v) is 9.84. The maximum Gasteiger partial charge on any atom is 0.129 e. The molecule has 8 nitrogen and oxygen atoms in total. The van der Waals surface area contributed by atoms with E-state index in [0.717, 1.165) is 25.5 Å². The molecule has 0 amide bonds. The highest BCUT2D eigenvalue weighted by atomic mass is 15.2. The van der Waals surface area contributed by atoms with Gasteiger partial charge in [-0.1, -0.05) is 6.07 Å². The Bertz CT molecular complexity index is 907. The number of anilines is 2. The largest absolute Gasteiger partial charge is 0.397 e. The minimum Gasteiger partial charge on any atom is -0.397 e. The zero-order chi connectivity index (χ0) is 20.8. The molecule has 3 heterocycles. The van der Waals surface area contributed by atoms with Crippen LogP contribution in [0.3, 0.4) is 0 Å². The molecule has 1 saturated heterocycles. The third-order valence-corrected chi connectivity index (χ3v) is 4.88. The molecule has 2 atom stereocenters. The van der Waals surface area contributed by atoms with Crippen molar-refractivity contribution in [1.82, 2.24) is 15.3 Å². The van der Waals surface area contributed by atoms with Crippen LogP contribution in [0.4, 0.5) is 11.5 Å². The van der Waals surface area contributed by atoms with Gasteiger partial charge in [0.1, 0.15) is 5.82 Å². The van der Waals surface area contributed by atoms with E-state index in [1.807, 2.05) is 25.1 Å². The summed E-state index contributed by atoms with van der Waals surface area (Å²) < 4.78 is 0. The predicted octanol–water partition coefficient (Wildman–Crippen LogP) is 2.10. The maximum absolute atomic E-state index is 8.70. The molecule has 29 heavy (non-hydrogen) atoms. The van der Waals surface area contributed by atoms with E-state index < -0.39 is 0 Å². The Morgan fingerprint density at radius 1 is 1.48 bits per heavy atom. The Hall–Kier alpha value is -3.13. The smallest absolute Gasteiger partial charge is 0.129 e. The summed E-state index contributed by atoms with van der Waals surface area (Å²) in [4.78, 5) is 15.5. The Balaban J connectivity index is 1.90. The maximum atomic E-state index is 8.70. The number of aromatic nitrogens is 2. The summed E-state index contributed by atoms with van der Waals surface area (Å²) in [7, 11) is 0. The number of rotatable bonds is 7. The minimum atomic E-state index is -0.344. The molecule has 1 aliphatic heterocycles. The van der Waals surface area contributed by atoms with Crippen molar-refractivity contribution in [2.45, 2.75) is 25.8 Å². The SMILES string of the molecule is CCN=CC(C=N)c1cc(C(=N)c2cccc(N3CCNC(C)C3)n2)c(N)cn1. The standard InChI is InChI=1S/C21H28N8/c1-3-25-11-15(10-22)19-9-16(17(23)12-27-19)21(24)18-5-4-6-20(28-18)29-8-7-26-14(2)13-29/h4-6,9-12,14-15,22,24,26H,3,7-8,13,23H2,1-2H3. The van der Waals surface area contributed by atoms with E-state index >= 15 is 0 Å². The molecule has 5 N–H and O–H groups in total. The van der Waals surface area contributed by atoms with Crippen molar-refractivity contribution < 1.29 is 0 Å². The zero-order valence-electron chi connectivity index (χ0n) is 16.9. The quantitative estimate of drug-likeness (QED) is 0.537. The first kappa shape index (κ1) is 20.6. The second kappa shape index (κ2) is 9.38. The van der Waals surface area contributed by atoms with Gasteiger partial charge in [0, 0.05) is 50.2 Å². The van der Waals surface area contributed by atoms with Gasteiger partial charge in [-0.15, -0.1) is 0 Å². The minimum absolute atomic E-state index is 0.243. The molecule has 1 fully saturated rings. The van der Waals surface area contributed by atoms with Crippen molar-refractivity contribution in [1.29, 1.82) is 10.8 Å². The molecule has 2 unspecified atom stereocenters. The molecule has 0 aliphatic carbocycles. The number of pyridine rings is 2. The van der Waals surface area contributed by atoms with Crippen molar-refractivity contribution in [3.63, 3.8) is 0 Å². The van der Waals surface area contributed by atoms with Crippen molar-refractivity contribution in [3.05, 3.63) is 47.4 Å². The second-order valence-corrected chi connectivity index (χ2v) is 7.09. The lowest BCUT2D eigenvalue weighted by molar-refractivity contribution is 0.482. The third-order valence-electron chi connectivity index (χ3n) is 4.88. The fourth-order valence-corrected chi connectivity index (χ4v) is 3.32. The molecule has 3 rings (SSSR count). The van der Waals surface area contributed by atoms with Gasteiger partial charge < -0.3 is 21.4 Å². The van der Waals surface area contributed by atoms with E-state index in [1.54, 1.807) is 12.3 Å². The molecular weight excluding hydrogens is 364 g/mol. The Morgan fingerprint density at radius 2 is 2.31 bits per heavy atom. The van der Waals surface area contributed by atoms with Gasteiger partial charge >= 0.3 is 0 Å². The van der Waals surface area contributed by atoms with E-state index in [4.69, 9.17) is 21.5 Å². The Morgan fingerprint density at radius 3 is 3.03 bits per heavy atom. The highest BCUT2D eigenvalue weighted by Gasteiger charge is 2.19. The summed E-state index contributed by atoms with van der Waals surface area (Å²) in [5.41, 5.74) is 8.54. The highest BCUT2D eigenvalue weighted by Crippen LogP contribution is 2.21. The lowest BCUT2D eigenvalue weighted by atomic mass is 10.0. The zero-order valence-corrected chi connectivity index (χ0v) is 16.9. The number of aliphatic imine (C=N–C) groups is 1. The molecule has 1 aliphatic rings. The van der Waals surface area contributed by atoms with Gasteiger partial charge in [-0.2, -0.15) is 0 Å². The molecule has 0 aromatic carbocycles. The van der Waals surface area contributed by atoms with Crippen LogP contribution in [-0.4, -0.2) is 60.3 Å². The summed E-state index contributed by atoms with van der Waals surface area (Å²) in [6.07, 6.45) is 4.52. The van der Waals surface area contributed by atoms with Crippen LogP contribution in [-0.2, 0) is 0 Å². The number of nitrogen functional groups attached to an aromatic ring is 1. The van der Waals surface area contributed by atoms with Gasteiger partial charge in [0.25, 0.3) is 0 Å². The van der Waals surface area contributed by atoms with E-state index in [9.17, 15) is 0 Å². The summed E-state index contributed by atoms with van der Waals surface area (Å²) in [6, 6.07) is 7.88. The summed E-state index contributed by atoms with van der Waals surface area (Å²) in [5, 5.41) is 19.8. The average Bonchev–Trinajstić information content (AvgIpc) is 2.75. The van der Waals surface area contributed by atoms with Crippen LogP contribution in [0.2, 0.25) is 0 Å². The number of hydrogen-bond acceptors (Lipinski definition) is 8. The van der Waals surface area contributed by atoms with Gasteiger partial charge in [-0.25, -0.2) is 4.98 Å². The number of hydrogen-bond donors (Lipinski definition) is 4. The molecule has 0 radical (unpaired) electrons. The molecule has 8 heteroatoms. The van der Waals surface area contributed by atoms with Gasteiger partial charge in [-0.05, 0) is 32.0 Å². The van der Waals surface area contributed by atoms with E-state index in [0.29, 0.717) is 35.2 Å². The molecule has 152 valence electrons. The van der Waals surface area contributed by atoms with Crippen LogP contribution in [0.5, 0.6) is 0 Å². The first-order valence-electron chi connectivity index (χ1n) is 9.84. The van der Waals surface area contributed by atoms with Crippen molar-refractivity contribution in [3.8, 4) is 0 Å². The van der Waals surface area contributed by atoms with E-state index in [-0.39, 0.29) is 11.6 Å². The topological polar surface area (TPSA) is 127 Å². The lowest BCUT2D eigenvalue weighted by Gasteiger charge is -2.32. The van der Waals surface area contributed by atoms with Crippen molar-refractivity contribution >= 4 is 29.6 Å². The van der Waals surface area contributed by atoms with Crippen molar-refractivity contribution in [2.24, 2.45) is 4.99 Å². The molecule has 0 saturated carbocycles. The molecular formula is C21H28N8. The van der Waals surface area contributed by atoms with Gasteiger partial charge in [0.15, 0.2) is 0 Å². The van der Waals surface area contributed by atoms with Crippen LogP contribution < -0.4 is 16.0 Å². The van der Waals surface area contributed by atoms with Gasteiger partial charge in [0.2, 0.25) is 0 Å². The number of piperazine rings is 1. The highest BCUT2D eigenvalue weighted by molar-refractivity contribution is 6.13. The summed E-state index contributed by atoms with van der Waals surface area (Å²) in [5.74, 6) is 0.518. The monoisotopic (exact) mass is 392 g/mol. The Labute approximate surface area is 171 Å². The molecule has 0 spiro atoms. The predicted molar refractivity (Wildman–Crippen MR) is 119 cm³/mol. The normalized spacial score (nSPS) is 18.0. The van der Waals surface area contributed by atoms with Crippen LogP contribution in [0.25, 0.3) is 0 Å². The Kier molecular flexibility index (Phi) is 6.66. The van der Waals surface area contributed by atoms with Crippen LogP contribution in [0.1, 0.15) is 36.7 Å². The third kappa shape index (κ3) is 4.83. The van der Waals surface area contributed by atoms with Gasteiger partial charge in [-0.3, -0.25) is 15.4 Å². The van der Waals surface area contributed by atoms with E-state index in [2.05, 4.69) is 27.1 Å². The average molecular weight is 393 g/mol. The fourth-order valence-electron chi connectivity index (χ4n) is 3.32. The number of nitrogens with two attached hydrogens (primary N) is 1. The van der Waals surface area contributed by atoms with E-state index in [1.165, 1.54) is 12.4 Å². The molecule has 2 aromatic heterocycles. The summed E-state index contributed by atoms with van der Waals surface area (Å²) >= 11 is 0. The lowest BCUT2D eigenvalue weighted by Crippen LogP contribution is -2.49. The molecule has 2 aromatic rings. The molecule has 0 bridgehead atoms. The fraction of sp³-hybridized carbons (Fsp3) is 0.381. The van der Waals surface area contributed by atoms with Crippen molar-refractivity contribution in [2.75, 3.05) is 36.8 Å². The van der Waals surface area contributed by atoms with Crippen LogP contribution in [0.15, 0.2) is 35.5 Å². The number of nitrogens with one attached hydrogen (secondary N) is 3. The second-order valence-electron chi connectivity index (χ2n) is 7.09. The van der Waals surface area contributed by atoms with Crippen LogP contribution in [0, 0.1) is 10.8 Å².